The average molecular weight is 456 g/mol. The van der Waals surface area contributed by atoms with Crippen LogP contribution in [-0.2, 0) is 24.0 Å². The monoisotopic (exact) mass is 456 g/mol. The maximum absolute atomic E-state index is 12.2. The summed E-state index contributed by atoms with van der Waals surface area (Å²) in [5.41, 5.74) is 6.31. The number of aliphatic hydroxyl groups is 2. The van der Waals surface area contributed by atoms with Gasteiger partial charge in [0, 0.05) is 5.92 Å². The first-order chi connectivity index (χ1) is 14.8. The van der Waals surface area contributed by atoms with E-state index in [0.29, 0.717) is 18.4 Å². The van der Waals surface area contributed by atoms with Crippen molar-refractivity contribution in [3.8, 4) is 0 Å². The maximum Gasteiger partial charge on any atom is 0.362 e. The molecule has 1 aliphatic heterocycles. The van der Waals surface area contributed by atoms with E-state index in [1.807, 2.05) is 4.72 Å². The molecule has 3 heterocycles. The number of ether oxygens (including phenoxy) is 1. The molecule has 1 amide bonds. The van der Waals surface area contributed by atoms with Crippen LogP contribution in [0, 0.1) is 5.92 Å². The summed E-state index contributed by atoms with van der Waals surface area (Å²) in [4.78, 5) is 24.1. The maximum atomic E-state index is 12.2. The van der Waals surface area contributed by atoms with E-state index in [9.17, 15) is 23.4 Å². The molecule has 4 rings (SSSR count). The van der Waals surface area contributed by atoms with Crippen LogP contribution in [0.4, 0.5) is 5.82 Å². The zero-order valence-corrected chi connectivity index (χ0v) is 17.3. The summed E-state index contributed by atoms with van der Waals surface area (Å²) >= 11 is 0. The van der Waals surface area contributed by atoms with Gasteiger partial charge in [-0.25, -0.2) is 19.7 Å². The lowest BCUT2D eigenvalue weighted by Gasteiger charge is -2.21. The van der Waals surface area contributed by atoms with Gasteiger partial charge in [0.25, 0.3) is 0 Å². The van der Waals surface area contributed by atoms with E-state index in [0.717, 1.165) is 19.3 Å². The highest BCUT2D eigenvalue weighted by atomic mass is 32.2. The highest BCUT2D eigenvalue weighted by Crippen LogP contribution is 2.32. The fraction of sp³-hybridized carbons (Fsp3) is 0.647. The van der Waals surface area contributed by atoms with Crippen LogP contribution < -0.4 is 10.5 Å². The van der Waals surface area contributed by atoms with Crippen molar-refractivity contribution in [3.05, 3.63) is 12.7 Å². The Bertz CT molecular complexity index is 1050. The molecule has 31 heavy (non-hydrogen) atoms. The molecule has 2 aromatic heterocycles. The number of hydrogen-bond donors (Lipinski definition) is 4. The van der Waals surface area contributed by atoms with Crippen molar-refractivity contribution in [2.75, 3.05) is 12.3 Å². The zero-order chi connectivity index (χ0) is 22.2. The highest BCUT2D eigenvalue weighted by Gasteiger charge is 2.45. The largest absolute Gasteiger partial charge is 0.387 e. The van der Waals surface area contributed by atoms with Gasteiger partial charge in [0.1, 0.15) is 30.2 Å². The number of aromatic nitrogens is 4. The van der Waals surface area contributed by atoms with E-state index in [-0.39, 0.29) is 17.4 Å². The number of amides is 1. The minimum Gasteiger partial charge on any atom is -0.387 e. The van der Waals surface area contributed by atoms with Crippen molar-refractivity contribution in [2.24, 2.45) is 5.92 Å². The number of carbonyl (C=O) groups is 1. The van der Waals surface area contributed by atoms with E-state index in [1.165, 1.54) is 17.2 Å². The summed E-state index contributed by atoms with van der Waals surface area (Å²) in [6.45, 7) is -0.605. The molecule has 13 nitrogen and oxygen atoms in total. The van der Waals surface area contributed by atoms with Gasteiger partial charge in [-0.2, -0.15) is 8.42 Å². The van der Waals surface area contributed by atoms with Crippen molar-refractivity contribution in [1.29, 1.82) is 0 Å². The van der Waals surface area contributed by atoms with Crippen molar-refractivity contribution in [1.82, 2.24) is 24.2 Å². The summed E-state index contributed by atoms with van der Waals surface area (Å²) in [5.74, 6) is -0.834. The molecule has 1 saturated carbocycles. The van der Waals surface area contributed by atoms with Gasteiger partial charge < -0.3 is 20.7 Å². The van der Waals surface area contributed by atoms with Gasteiger partial charge in [0.05, 0.1) is 12.9 Å². The molecular weight excluding hydrogens is 432 g/mol. The second kappa shape index (κ2) is 8.63. The molecule has 2 aliphatic rings. The second-order valence-electron chi connectivity index (χ2n) is 7.67. The predicted octanol–water partition coefficient (Wildman–Crippen LogP) is -1.01. The normalized spacial score (nSPS) is 27.5. The third-order valence-electron chi connectivity index (χ3n) is 5.59. The smallest absolute Gasteiger partial charge is 0.362 e. The molecule has 5 N–H and O–H groups in total. The molecule has 0 aromatic carbocycles. The Hall–Kier alpha value is -2.39. The molecule has 2 fully saturated rings. The SMILES string of the molecule is Nc1ncnc2c1ncn2[C@@H]1O[C@H](COS(=O)(=O)NC(=O)C2CCCCC2)[C@@H](O)[C@H]1O. The summed E-state index contributed by atoms with van der Waals surface area (Å²) in [6.07, 6.45) is 1.42. The van der Waals surface area contributed by atoms with Crippen LogP contribution in [0.5, 0.6) is 0 Å². The van der Waals surface area contributed by atoms with E-state index in [1.54, 1.807) is 0 Å². The summed E-state index contributed by atoms with van der Waals surface area (Å²) in [7, 11) is -4.40. The topological polar surface area (TPSA) is 192 Å². The molecule has 2 aromatic rings. The van der Waals surface area contributed by atoms with Crippen LogP contribution in [0.3, 0.4) is 0 Å². The minimum atomic E-state index is -4.40. The number of hydrogen-bond acceptors (Lipinski definition) is 11. The number of fused-ring (bicyclic) bond motifs is 1. The lowest BCUT2D eigenvalue weighted by Crippen LogP contribution is -2.40. The molecule has 0 radical (unpaired) electrons. The van der Waals surface area contributed by atoms with Gasteiger partial charge >= 0.3 is 10.3 Å². The molecule has 170 valence electrons. The summed E-state index contributed by atoms with van der Waals surface area (Å²) < 4.78 is 38.0. The van der Waals surface area contributed by atoms with Crippen molar-refractivity contribution in [2.45, 2.75) is 56.6 Å². The first kappa shape index (κ1) is 21.8. The number of rotatable bonds is 6. The number of nitrogens with two attached hydrogens (primary N) is 1. The van der Waals surface area contributed by atoms with Crippen LogP contribution in [0.15, 0.2) is 12.7 Å². The molecular formula is C17H24N6O7S. The molecule has 1 aliphatic carbocycles. The van der Waals surface area contributed by atoms with E-state index in [2.05, 4.69) is 15.0 Å². The summed E-state index contributed by atoms with van der Waals surface area (Å²) in [6, 6.07) is 0. The second-order valence-corrected chi connectivity index (χ2v) is 9.02. The predicted molar refractivity (Wildman–Crippen MR) is 105 cm³/mol. The molecule has 1 saturated heterocycles. The Labute approximate surface area is 177 Å². The first-order valence-electron chi connectivity index (χ1n) is 9.92. The Morgan fingerprint density at radius 3 is 2.71 bits per heavy atom. The van der Waals surface area contributed by atoms with Crippen LogP contribution >= 0.6 is 0 Å². The minimum absolute atomic E-state index is 0.136. The zero-order valence-electron chi connectivity index (χ0n) is 16.5. The van der Waals surface area contributed by atoms with Gasteiger partial charge in [-0.15, -0.1) is 0 Å². The van der Waals surface area contributed by atoms with Gasteiger partial charge in [0.15, 0.2) is 17.7 Å². The number of nitrogens with zero attached hydrogens (tertiary/aromatic N) is 4. The lowest BCUT2D eigenvalue weighted by molar-refractivity contribution is -0.124. The van der Waals surface area contributed by atoms with Gasteiger partial charge in [-0.1, -0.05) is 19.3 Å². The van der Waals surface area contributed by atoms with Gasteiger partial charge in [-0.3, -0.25) is 13.5 Å². The molecule has 0 bridgehead atoms. The van der Waals surface area contributed by atoms with E-state index >= 15 is 0 Å². The number of nitrogen functional groups attached to an aromatic ring is 1. The Morgan fingerprint density at radius 1 is 1.23 bits per heavy atom. The first-order valence-corrected chi connectivity index (χ1v) is 11.3. The fourth-order valence-corrected chi connectivity index (χ4v) is 4.70. The number of aliphatic hydroxyl groups excluding tert-OH is 2. The van der Waals surface area contributed by atoms with Crippen molar-refractivity contribution >= 4 is 33.2 Å². The molecule has 4 atom stereocenters. The average Bonchev–Trinajstić information content (AvgIpc) is 3.29. The number of imidazole rings is 1. The number of anilines is 1. The van der Waals surface area contributed by atoms with Gasteiger partial charge in [0.2, 0.25) is 5.91 Å². The molecule has 0 spiro atoms. The summed E-state index contributed by atoms with van der Waals surface area (Å²) in [5, 5.41) is 20.7. The highest BCUT2D eigenvalue weighted by molar-refractivity contribution is 7.85. The van der Waals surface area contributed by atoms with Crippen LogP contribution in [0.25, 0.3) is 11.2 Å². The Kier molecular flexibility index (Phi) is 6.07. The Balaban J connectivity index is 1.40. The molecule has 14 heteroatoms. The standard InChI is InChI=1S/C17H24N6O7S/c18-14-11-15(20-7-19-14)23(8-21-11)17-13(25)12(24)10(30-17)6-29-31(27,28)22-16(26)9-4-2-1-3-5-9/h7-10,12-13,17,24-25H,1-6H2,(H,22,26)(H2,18,19,20)/t10-,12-,13-,17-/m1/s1. The van der Waals surface area contributed by atoms with Crippen LogP contribution in [0.2, 0.25) is 0 Å². The lowest BCUT2D eigenvalue weighted by atomic mass is 9.89. The number of nitrogens with one attached hydrogen (secondary N) is 1. The van der Waals surface area contributed by atoms with Crippen molar-refractivity contribution in [3.63, 3.8) is 0 Å². The van der Waals surface area contributed by atoms with Gasteiger partial charge in [-0.05, 0) is 12.8 Å². The quantitative estimate of drug-likeness (QED) is 0.416. The van der Waals surface area contributed by atoms with Crippen molar-refractivity contribution < 1.29 is 32.3 Å². The van der Waals surface area contributed by atoms with Crippen LogP contribution in [0.1, 0.15) is 38.3 Å². The Morgan fingerprint density at radius 2 is 1.97 bits per heavy atom. The molecule has 0 unspecified atom stereocenters. The fourth-order valence-electron chi connectivity index (χ4n) is 3.91. The van der Waals surface area contributed by atoms with E-state index < -0.39 is 47.4 Å². The number of carbonyl (C=O) groups excluding carboxylic acids is 1. The third kappa shape index (κ3) is 4.48. The third-order valence-corrected chi connectivity index (χ3v) is 6.49. The van der Waals surface area contributed by atoms with Crippen LogP contribution in [-0.4, -0.2) is 69.0 Å². The van der Waals surface area contributed by atoms with E-state index in [4.69, 9.17) is 14.7 Å².